The number of amides is 1. The van der Waals surface area contributed by atoms with Gasteiger partial charge in [0, 0.05) is 28.4 Å². The first kappa shape index (κ1) is 17.2. The van der Waals surface area contributed by atoms with E-state index in [1.54, 1.807) is 48.5 Å². The van der Waals surface area contributed by atoms with Gasteiger partial charge in [-0.25, -0.2) is 4.79 Å². The molecule has 0 fully saturated rings. The summed E-state index contributed by atoms with van der Waals surface area (Å²) in [4.78, 5) is 37.2. The van der Waals surface area contributed by atoms with Crippen LogP contribution < -0.4 is 15.6 Å². The SMILES string of the molecule is O=C(CC1(O)C(=O)Nc2ccccc21)c1c(=O)o[nH][n+]1-c1ccc(Cl)cc1. The summed E-state index contributed by atoms with van der Waals surface area (Å²) in [5, 5.41) is 16.2. The Morgan fingerprint density at radius 1 is 1.15 bits per heavy atom. The van der Waals surface area contributed by atoms with Crippen molar-refractivity contribution in [2.24, 2.45) is 0 Å². The summed E-state index contributed by atoms with van der Waals surface area (Å²) >= 11 is 5.85. The first-order valence-electron chi connectivity index (χ1n) is 7.96. The largest absolute Gasteiger partial charge is 0.438 e. The first-order valence-corrected chi connectivity index (χ1v) is 8.34. The molecule has 27 heavy (non-hydrogen) atoms. The summed E-state index contributed by atoms with van der Waals surface area (Å²) in [6, 6.07) is 12.8. The standard InChI is InChI=1S/C18H12ClN3O5/c19-10-5-7-11(8-6-10)22-15(16(24)27-21-22)14(23)9-18(26)12-3-1-2-4-13(12)20-17(18)25/h1-8,26H,9H2,(H-,20,21,23,24,25)/p+1. The van der Waals surface area contributed by atoms with E-state index < -0.39 is 29.3 Å². The van der Waals surface area contributed by atoms with Crippen molar-refractivity contribution in [3.05, 3.63) is 75.2 Å². The van der Waals surface area contributed by atoms with E-state index in [1.807, 2.05) is 0 Å². The van der Waals surface area contributed by atoms with Gasteiger partial charge < -0.3 is 10.4 Å². The number of aromatic nitrogens is 2. The molecular formula is C18H13ClN3O5+. The van der Waals surface area contributed by atoms with Crippen LogP contribution in [0.2, 0.25) is 5.02 Å². The van der Waals surface area contributed by atoms with Crippen LogP contribution in [0.3, 0.4) is 0 Å². The molecule has 3 N–H and O–H groups in total. The van der Waals surface area contributed by atoms with E-state index in [0.29, 0.717) is 16.4 Å². The number of nitrogens with zero attached hydrogens (tertiary/aromatic N) is 1. The minimum atomic E-state index is -2.07. The van der Waals surface area contributed by atoms with Crippen molar-refractivity contribution in [2.45, 2.75) is 12.0 Å². The third-order valence-electron chi connectivity index (χ3n) is 4.41. The van der Waals surface area contributed by atoms with Gasteiger partial charge in [0.2, 0.25) is 11.5 Å². The summed E-state index contributed by atoms with van der Waals surface area (Å²) < 4.78 is 5.88. The molecular weight excluding hydrogens is 374 g/mol. The van der Waals surface area contributed by atoms with Crippen LogP contribution in [-0.4, -0.2) is 22.1 Å². The molecule has 1 aliphatic heterocycles. The molecule has 0 aliphatic carbocycles. The third-order valence-corrected chi connectivity index (χ3v) is 4.66. The lowest BCUT2D eigenvalue weighted by Gasteiger charge is -2.18. The highest BCUT2D eigenvalue weighted by molar-refractivity contribution is 6.30. The lowest BCUT2D eigenvalue weighted by Crippen LogP contribution is -2.44. The molecule has 0 saturated carbocycles. The van der Waals surface area contributed by atoms with Gasteiger partial charge in [-0.15, -0.1) is 0 Å². The Hall–Kier alpha value is -3.23. The Kier molecular flexibility index (Phi) is 3.94. The molecule has 1 unspecified atom stereocenters. The highest BCUT2D eigenvalue weighted by Gasteiger charge is 2.49. The van der Waals surface area contributed by atoms with Gasteiger partial charge in [-0.3, -0.25) is 14.1 Å². The van der Waals surface area contributed by atoms with Crippen molar-refractivity contribution in [1.29, 1.82) is 0 Å². The Morgan fingerprint density at radius 3 is 2.59 bits per heavy atom. The minimum Gasteiger partial charge on any atom is -0.375 e. The van der Waals surface area contributed by atoms with Crippen molar-refractivity contribution in [2.75, 3.05) is 5.32 Å². The highest BCUT2D eigenvalue weighted by Crippen LogP contribution is 2.38. The van der Waals surface area contributed by atoms with E-state index in [0.717, 1.165) is 4.68 Å². The average Bonchev–Trinajstić information content (AvgIpc) is 3.14. The van der Waals surface area contributed by atoms with Gasteiger partial charge in [-0.05, 0) is 28.2 Å². The zero-order valence-corrected chi connectivity index (χ0v) is 14.5. The zero-order valence-electron chi connectivity index (χ0n) is 13.7. The van der Waals surface area contributed by atoms with Gasteiger partial charge in [0.25, 0.3) is 5.91 Å². The number of anilines is 1. The summed E-state index contributed by atoms with van der Waals surface area (Å²) in [7, 11) is 0. The van der Waals surface area contributed by atoms with Crippen LogP contribution in [0.1, 0.15) is 22.5 Å². The molecule has 1 amide bonds. The number of H-pyrrole nitrogens is 1. The third kappa shape index (κ3) is 2.75. The van der Waals surface area contributed by atoms with E-state index in [-0.39, 0.29) is 11.3 Å². The van der Waals surface area contributed by atoms with Gasteiger partial charge in [0.15, 0.2) is 5.60 Å². The number of Topliss-reactive ketones (excluding diaryl/α,β-unsaturated/α-hetero) is 1. The van der Waals surface area contributed by atoms with Crippen LogP contribution in [0.15, 0.2) is 57.8 Å². The topological polar surface area (TPSA) is 116 Å². The number of fused-ring (bicyclic) bond motifs is 1. The van der Waals surface area contributed by atoms with Gasteiger partial charge in [-0.2, -0.15) is 0 Å². The van der Waals surface area contributed by atoms with Crippen LogP contribution in [0.25, 0.3) is 5.69 Å². The van der Waals surface area contributed by atoms with Crippen LogP contribution in [0.5, 0.6) is 0 Å². The van der Waals surface area contributed by atoms with E-state index in [1.165, 1.54) is 0 Å². The normalized spacial score (nSPS) is 18.2. The fourth-order valence-electron chi connectivity index (χ4n) is 3.08. The number of hydrogen-bond donors (Lipinski definition) is 3. The predicted octanol–water partition coefficient (Wildman–Crippen LogP) is 1.31. The number of hydrogen-bond acceptors (Lipinski definition) is 5. The molecule has 4 rings (SSSR count). The quantitative estimate of drug-likeness (QED) is 0.462. The molecule has 1 aliphatic rings. The average molecular weight is 387 g/mol. The van der Waals surface area contributed by atoms with Gasteiger partial charge in [0.05, 0.1) is 6.42 Å². The van der Waals surface area contributed by atoms with Gasteiger partial charge in [0.1, 0.15) is 0 Å². The molecule has 2 heterocycles. The molecule has 3 aromatic rings. The van der Waals surface area contributed by atoms with Crippen molar-refractivity contribution in [1.82, 2.24) is 5.27 Å². The number of ketones is 1. The van der Waals surface area contributed by atoms with Crippen LogP contribution >= 0.6 is 11.6 Å². The molecule has 1 aromatic heterocycles. The summed E-state index contributed by atoms with van der Waals surface area (Å²) in [5.41, 5.74) is -2.20. The van der Waals surface area contributed by atoms with Crippen LogP contribution in [0.4, 0.5) is 5.69 Å². The minimum absolute atomic E-state index is 0.279. The predicted molar refractivity (Wildman–Crippen MR) is 93.8 cm³/mol. The first-order chi connectivity index (χ1) is 12.9. The molecule has 9 heteroatoms. The Morgan fingerprint density at radius 2 is 1.85 bits per heavy atom. The Labute approximate surface area is 156 Å². The fourth-order valence-corrected chi connectivity index (χ4v) is 3.20. The molecule has 0 saturated heterocycles. The van der Waals surface area contributed by atoms with Crippen LogP contribution in [-0.2, 0) is 10.4 Å². The number of carbonyl (C=O) groups is 2. The number of nitrogens with one attached hydrogen (secondary N) is 2. The lowest BCUT2D eigenvalue weighted by molar-refractivity contribution is -0.672. The Balaban J connectivity index is 1.73. The molecule has 8 nitrogen and oxygen atoms in total. The van der Waals surface area contributed by atoms with E-state index in [9.17, 15) is 19.5 Å². The molecule has 0 spiro atoms. The number of para-hydroxylation sites is 1. The number of rotatable bonds is 4. The molecule has 0 radical (unpaired) electrons. The van der Waals surface area contributed by atoms with E-state index >= 15 is 0 Å². The summed E-state index contributed by atoms with van der Waals surface area (Å²) in [5.74, 6) is -1.48. The van der Waals surface area contributed by atoms with Crippen LogP contribution in [0, 0.1) is 0 Å². The highest BCUT2D eigenvalue weighted by atomic mass is 35.5. The molecule has 0 bridgehead atoms. The summed E-state index contributed by atoms with van der Waals surface area (Å²) in [6.45, 7) is 0. The molecule has 136 valence electrons. The zero-order chi connectivity index (χ0) is 19.2. The fraction of sp³-hybridized carbons (Fsp3) is 0.111. The second kappa shape index (κ2) is 6.19. The van der Waals surface area contributed by atoms with E-state index in [4.69, 9.17) is 16.1 Å². The molecule has 1 atom stereocenters. The van der Waals surface area contributed by atoms with Gasteiger partial charge in [-0.1, -0.05) is 29.8 Å². The van der Waals surface area contributed by atoms with Crippen molar-refractivity contribution in [3.63, 3.8) is 0 Å². The second-order valence-corrected chi connectivity index (χ2v) is 6.54. The maximum atomic E-state index is 12.8. The maximum absolute atomic E-state index is 12.8. The second-order valence-electron chi connectivity index (χ2n) is 6.10. The number of aliphatic hydroxyl groups is 1. The van der Waals surface area contributed by atoms with E-state index in [2.05, 4.69) is 10.6 Å². The number of benzene rings is 2. The summed E-state index contributed by atoms with van der Waals surface area (Å²) in [6.07, 6.45) is -0.619. The maximum Gasteiger partial charge on any atom is 0.438 e. The monoisotopic (exact) mass is 386 g/mol. The number of carbonyl (C=O) groups excluding carboxylic acids is 2. The van der Waals surface area contributed by atoms with Crippen molar-refractivity contribution in [3.8, 4) is 5.69 Å². The lowest BCUT2D eigenvalue weighted by atomic mass is 9.89. The smallest absolute Gasteiger partial charge is 0.375 e. The molecule has 2 aromatic carbocycles. The number of halogens is 1. The van der Waals surface area contributed by atoms with Gasteiger partial charge >= 0.3 is 11.3 Å². The van der Waals surface area contributed by atoms with Crippen molar-refractivity contribution >= 4 is 29.0 Å². The van der Waals surface area contributed by atoms with Crippen molar-refractivity contribution < 1.29 is 23.9 Å². The number of aromatic amines is 1. The Bertz CT molecular complexity index is 1120.